The van der Waals surface area contributed by atoms with Crippen molar-refractivity contribution in [2.75, 3.05) is 36.4 Å². The molecule has 3 rings (SSSR count). The zero-order valence-electron chi connectivity index (χ0n) is 17.1. The summed E-state index contributed by atoms with van der Waals surface area (Å²) in [6.45, 7) is 6.63. The molecule has 8 heteroatoms. The Morgan fingerprint density at radius 2 is 1.80 bits per heavy atom. The number of amides is 2. The number of nitrogens with zero attached hydrogens (tertiary/aromatic N) is 2. The lowest BCUT2D eigenvalue weighted by molar-refractivity contribution is -0.131. The van der Waals surface area contributed by atoms with Gasteiger partial charge in [-0.2, -0.15) is 0 Å². The Balaban J connectivity index is 1.64. The maximum absolute atomic E-state index is 12.5. The van der Waals surface area contributed by atoms with Crippen LogP contribution in [0.2, 0.25) is 5.02 Å². The van der Waals surface area contributed by atoms with Crippen molar-refractivity contribution in [3.8, 4) is 0 Å². The number of hydrogen-bond acceptors (Lipinski definition) is 4. The van der Waals surface area contributed by atoms with E-state index in [0.29, 0.717) is 30.1 Å². The first-order valence-corrected chi connectivity index (χ1v) is 10.7. The van der Waals surface area contributed by atoms with E-state index in [9.17, 15) is 9.59 Å². The van der Waals surface area contributed by atoms with Gasteiger partial charge < -0.3 is 15.1 Å². The van der Waals surface area contributed by atoms with Crippen molar-refractivity contribution in [1.29, 1.82) is 0 Å². The highest BCUT2D eigenvalue weighted by molar-refractivity contribution is 7.80. The Bertz CT molecular complexity index is 958. The van der Waals surface area contributed by atoms with Crippen LogP contribution in [0, 0.1) is 6.92 Å². The molecule has 1 aliphatic heterocycles. The highest BCUT2D eigenvalue weighted by Crippen LogP contribution is 2.27. The Kier molecular flexibility index (Phi) is 7.29. The van der Waals surface area contributed by atoms with Crippen molar-refractivity contribution in [1.82, 2.24) is 10.2 Å². The molecular weight excluding hydrogens is 420 g/mol. The summed E-state index contributed by atoms with van der Waals surface area (Å²) in [6, 6.07) is 12.9. The smallest absolute Gasteiger partial charge is 0.257 e. The average molecular weight is 445 g/mol. The van der Waals surface area contributed by atoms with Gasteiger partial charge in [0, 0.05) is 43.2 Å². The summed E-state index contributed by atoms with van der Waals surface area (Å²) in [4.78, 5) is 28.5. The second kappa shape index (κ2) is 9.91. The van der Waals surface area contributed by atoms with Crippen LogP contribution in [0.1, 0.15) is 29.3 Å². The van der Waals surface area contributed by atoms with Crippen molar-refractivity contribution in [3.63, 3.8) is 0 Å². The molecule has 0 atom stereocenters. The number of carbonyl (C=O) groups excluding carboxylic acids is 2. The van der Waals surface area contributed by atoms with Crippen molar-refractivity contribution >= 4 is 52.1 Å². The van der Waals surface area contributed by atoms with E-state index in [0.717, 1.165) is 30.0 Å². The molecule has 0 unspecified atom stereocenters. The fourth-order valence-corrected chi connectivity index (χ4v) is 3.72. The molecule has 0 radical (unpaired) electrons. The monoisotopic (exact) mass is 444 g/mol. The van der Waals surface area contributed by atoms with Gasteiger partial charge in [-0.3, -0.25) is 14.9 Å². The quantitative estimate of drug-likeness (QED) is 0.701. The lowest BCUT2D eigenvalue weighted by atomic mass is 10.1. The van der Waals surface area contributed by atoms with Crippen molar-refractivity contribution in [2.45, 2.75) is 20.3 Å². The first kappa shape index (κ1) is 22.1. The van der Waals surface area contributed by atoms with Gasteiger partial charge in [0.2, 0.25) is 5.91 Å². The summed E-state index contributed by atoms with van der Waals surface area (Å²) >= 11 is 11.5. The minimum atomic E-state index is -0.321. The normalized spacial score (nSPS) is 13.7. The molecular formula is C22H25ClN4O2S. The summed E-state index contributed by atoms with van der Waals surface area (Å²) in [6.07, 6.45) is 0.526. The van der Waals surface area contributed by atoms with E-state index in [1.807, 2.05) is 43.0 Å². The second-order valence-corrected chi connectivity index (χ2v) is 7.93. The molecule has 0 aromatic heterocycles. The van der Waals surface area contributed by atoms with Crippen LogP contribution in [-0.4, -0.2) is 48.0 Å². The van der Waals surface area contributed by atoms with E-state index >= 15 is 0 Å². The maximum Gasteiger partial charge on any atom is 0.257 e. The average Bonchev–Trinajstić information content (AvgIpc) is 2.75. The molecule has 2 aromatic carbocycles. The summed E-state index contributed by atoms with van der Waals surface area (Å²) in [5.74, 6) is -0.139. The second-order valence-electron chi connectivity index (χ2n) is 7.11. The fraction of sp³-hybridized carbons (Fsp3) is 0.318. The highest BCUT2D eigenvalue weighted by atomic mass is 35.5. The first-order chi connectivity index (χ1) is 14.4. The molecule has 2 aromatic rings. The third kappa shape index (κ3) is 5.29. The van der Waals surface area contributed by atoms with Crippen molar-refractivity contribution < 1.29 is 9.59 Å². The van der Waals surface area contributed by atoms with Crippen LogP contribution < -0.4 is 15.5 Å². The number of rotatable bonds is 4. The van der Waals surface area contributed by atoms with Crippen molar-refractivity contribution in [2.24, 2.45) is 0 Å². The molecule has 0 bridgehead atoms. The minimum Gasteiger partial charge on any atom is -0.366 e. The molecule has 0 saturated carbocycles. The lowest BCUT2D eigenvalue weighted by Crippen LogP contribution is -2.48. The number of aryl methyl sites for hydroxylation is 1. The Labute approximate surface area is 187 Å². The predicted octanol–water partition coefficient (Wildman–Crippen LogP) is 3.83. The van der Waals surface area contributed by atoms with Crippen LogP contribution in [0.3, 0.4) is 0 Å². The zero-order chi connectivity index (χ0) is 21.7. The number of nitrogens with one attached hydrogen (secondary N) is 2. The van der Waals surface area contributed by atoms with Crippen LogP contribution in [-0.2, 0) is 4.79 Å². The van der Waals surface area contributed by atoms with Crippen LogP contribution in [0.4, 0.5) is 11.4 Å². The van der Waals surface area contributed by atoms with Gasteiger partial charge in [-0.05, 0) is 49.0 Å². The van der Waals surface area contributed by atoms with E-state index in [4.69, 9.17) is 23.8 Å². The first-order valence-electron chi connectivity index (χ1n) is 9.89. The molecule has 1 saturated heterocycles. The fourth-order valence-electron chi connectivity index (χ4n) is 3.34. The van der Waals surface area contributed by atoms with Gasteiger partial charge in [-0.25, -0.2) is 0 Å². The van der Waals surface area contributed by atoms with Gasteiger partial charge in [-0.15, -0.1) is 0 Å². The standard InChI is InChI=1S/C22H25ClN4O2S/c1-3-20(28)27-12-10-26(11-13-27)19-7-5-4-6-18(19)24-22(30)25-21(29)16-9-8-15(2)17(23)14-16/h4-9,14H,3,10-13H2,1-2H3,(H2,24,25,29,30). The third-order valence-electron chi connectivity index (χ3n) is 5.09. The van der Waals surface area contributed by atoms with E-state index in [1.165, 1.54) is 0 Å². The summed E-state index contributed by atoms with van der Waals surface area (Å²) in [5, 5.41) is 6.57. The van der Waals surface area contributed by atoms with Crippen LogP contribution >= 0.6 is 23.8 Å². The van der Waals surface area contributed by atoms with Gasteiger partial charge >= 0.3 is 0 Å². The van der Waals surface area contributed by atoms with Crippen molar-refractivity contribution in [3.05, 3.63) is 58.6 Å². The summed E-state index contributed by atoms with van der Waals surface area (Å²) in [7, 11) is 0. The SMILES string of the molecule is CCC(=O)N1CCN(c2ccccc2NC(=S)NC(=O)c2ccc(C)c(Cl)c2)CC1. The number of hydrogen-bond donors (Lipinski definition) is 2. The highest BCUT2D eigenvalue weighted by Gasteiger charge is 2.22. The Morgan fingerprint density at radius 1 is 1.10 bits per heavy atom. The zero-order valence-corrected chi connectivity index (χ0v) is 18.6. The van der Waals surface area contributed by atoms with Crippen LogP contribution in [0.15, 0.2) is 42.5 Å². The topological polar surface area (TPSA) is 64.7 Å². The number of thiocarbonyl (C=S) groups is 1. The number of anilines is 2. The molecule has 0 aliphatic carbocycles. The number of piperazine rings is 1. The lowest BCUT2D eigenvalue weighted by Gasteiger charge is -2.37. The predicted molar refractivity (Wildman–Crippen MR) is 125 cm³/mol. The number of halogens is 1. The Morgan fingerprint density at radius 3 is 2.47 bits per heavy atom. The minimum absolute atomic E-state index is 0.182. The number of para-hydroxylation sites is 2. The van der Waals surface area contributed by atoms with E-state index < -0.39 is 0 Å². The van der Waals surface area contributed by atoms with E-state index in [-0.39, 0.29) is 16.9 Å². The van der Waals surface area contributed by atoms with Crippen LogP contribution in [0.25, 0.3) is 0 Å². The van der Waals surface area contributed by atoms with E-state index in [2.05, 4.69) is 15.5 Å². The molecule has 2 amide bonds. The van der Waals surface area contributed by atoms with Gasteiger partial charge in [-0.1, -0.05) is 36.7 Å². The van der Waals surface area contributed by atoms with E-state index in [1.54, 1.807) is 18.2 Å². The molecule has 1 aliphatic rings. The molecule has 0 spiro atoms. The molecule has 2 N–H and O–H groups in total. The maximum atomic E-state index is 12.5. The largest absolute Gasteiger partial charge is 0.366 e. The molecule has 1 fully saturated rings. The van der Waals surface area contributed by atoms with Gasteiger partial charge in [0.25, 0.3) is 5.91 Å². The molecule has 1 heterocycles. The summed E-state index contributed by atoms with van der Waals surface area (Å²) < 4.78 is 0. The molecule has 30 heavy (non-hydrogen) atoms. The van der Waals surface area contributed by atoms with Gasteiger partial charge in [0.15, 0.2) is 5.11 Å². The number of benzene rings is 2. The number of carbonyl (C=O) groups is 2. The van der Waals surface area contributed by atoms with Gasteiger partial charge in [0.1, 0.15) is 0 Å². The Hall–Kier alpha value is -2.64. The summed E-state index contributed by atoms with van der Waals surface area (Å²) in [5.41, 5.74) is 3.14. The molecule has 6 nitrogen and oxygen atoms in total. The molecule has 158 valence electrons. The van der Waals surface area contributed by atoms with Gasteiger partial charge in [0.05, 0.1) is 11.4 Å². The third-order valence-corrected chi connectivity index (χ3v) is 5.70. The van der Waals surface area contributed by atoms with Crippen LogP contribution in [0.5, 0.6) is 0 Å².